The van der Waals surface area contributed by atoms with E-state index in [-0.39, 0.29) is 36.1 Å². The highest BCUT2D eigenvalue weighted by Gasteiger charge is 2.27. The summed E-state index contributed by atoms with van der Waals surface area (Å²) in [6.45, 7) is 11.4. The number of aliphatic imine (C=N–C) groups is 1. The van der Waals surface area contributed by atoms with Crippen molar-refractivity contribution in [3.63, 3.8) is 0 Å². The first-order chi connectivity index (χ1) is 14.6. The number of guanidine groups is 1. The molecule has 8 nitrogen and oxygen atoms in total. The average Bonchev–Trinajstić information content (AvgIpc) is 3.41. The van der Waals surface area contributed by atoms with E-state index in [2.05, 4.69) is 28.5 Å². The van der Waals surface area contributed by atoms with Gasteiger partial charge in [0.2, 0.25) is 0 Å². The Morgan fingerprint density at radius 3 is 2.52 bits per heavy atom. The molecule has 2 saturated heterocycles. The number of carbonyl (C=O) groups is 1. The van der Waals surface area contributed by atoms with Gasteiger partial charge in [0.15, 0.2) is 5.96 Å². The molecule has 0 spiro atoms. The molecule has 3 rings (SSSR count). The molecule has 0 aromatic carbocycles. The highest BCUT2D eigenvalue weighted by molar-refractivity contribution is 14.0. The zero-order valence-corrected chi connectivity index (χ0v) is 21.4. The minimum absolute atomic E-state index is 0. The molecule has 1 aromatic heterocycles. The second-order valence-electron chi connectivity index (χ2n) is 8.03. The Bertz CT molecular complexity index is 697. The summed E-state index contributed by atoms with van der Waals surface area (Å²) in [7, 11) is 0. The Morgan fingerprint density at radius 2 is 1.94 bits per heavy atom. The number of carbonyl (C=O) groups excluding carboxylic acids is 1. The zero-order valence-electron chi connectivity index (χ0n) is 19.1. The Kier molecular flexibility index (Phi) is 10.9. The number of hydrogen-bond acceptors (Lipinski definition) is 5. The first-order valence-electron chi connectivity index (χ1n) is 11.4. The molecule has 1 unspecified atom stereocenters. The number of aryl methyl sites for hydroxylation is 1. The third-order valence-electron chi connectivity index (χ3n) is 5.80. The molecule has 1 amide bonds. The Morgan fingerprint density at radius 1 is 1.23 bits per heavy atom. The van der Waals surface area contributed by atoms with Crippen molar-refractivity contribution in [2.24, 2.45) is 4.99 Å². The summed E-state index contributed by atoms with van der Waals surface area (Å²) >= 11 is 0. The predicted octanol–water partition coefficient (Wildman–Crippen LogP) is 3.52. The van der Waals surface area contributed by atoms with Crippen molar-refractivity contribution in [3.05, 3.63) is 23.7 Å². The van der Waals surface area contributed by atoms with E-state index in [0.29, 0.717) is 32.3 Å². The summed E-state index contributed by atoms with van der Waals surface area (Å²) in [6.07, 6.45) is 4.03. The number of piperidine rings is 1. The lowest BCUT2D eigenvalue weighted by atomic mass is 10.1. The topological polar surface area (TPSA) is 82.3 Å². The van der Waals surface area contributed by atoms with E-state index in [1.807, 2.05) is 19.9 Å². The lowest BCUT2D eigenvalue weighted by Gasteiger charge is -2.32. The van der Waals surface area contributed by atoms with Crippen LogP contribution in [0.25, 0.3) is 0 Å². The van der Waals surface area contributed by atoms with E-state index in [1.165, 1.54) is 12.8 Å². The number of likely N-dealkylation sites (tertiary alicyclic amines) is 2. The fourth-order valence-corrected chi connectivity index (χ4v) is 4.18. The number of ether oxygens (including phenoxy) is 1. The van der Waals surface area contributed by atoms with Crippen LogP contribution in [0.4, 0.5) is 4.79 Å². The van der Waals surface area contributed by atoms with E-state index in [9.17, 15) is 4.79 Å². The summed E-state index contributed by atoms with van der Waals surface area (Å²) in [5, 5.41) is 6.93. The number of amides is 1. The molecule has 0 bridgehead atoms. The molecule has 9 heteroatoms. The molecule has 1 atom stereocenters. The number of rotatable bonds is 7. The molecule has 2 aliphatic rings. The second-order valence-corrected chi connectivity index (χ2v) is 8.03. The molecule has 31 heavy (non-hydrogen) atoms. The smallest absolute Gasteiger partial charge is 0.409 e. The fourth-order valence-electron chi connectivity index (χ4n) is 4.18. The summed E-state index contributed by atoms with van der Waals surface area (Å²) < 4.78 is 11.1. The van der Waals surface area contributed by atoms with Crippen molar-refractivity contribution >= 4 is 36.0 Å². The van der Waals surface area contributed by atoms with E-state index in [1.54, 1.807) is 4.90 Å². The number of hydrogen-bond donors (Lipinski definition) is 2. The van der Waals surface area contributed by atoms with Crippen molar-refractivity contribution in [1.82, 2.24) is 20.4 Å². The van der Waals surface area contributed by atoms with Gasteiger partial charge in [-0.1, -0.05) is 0 Å². The van der Waals surface area contributed by atoms with E-state index >= 15 is 0 Å². The van der Waals surface area contributed by atoms with Crippen molar-refractivity contribution in [1.29, 1.82) is 0 Å². The number of furan rings is 1. The third kappa shape index (κ3) is 7.55. The maximum absolute atomic E-state index is 11.9. The van der Waals surface area contributed by atoms with Crippen LogP contribution in [0.15, 0.2) is 21.5 Å². The Balaban J connectivity index is 0.00000341. The van der Waals surface area contributed by atoms with Gasteiger partial charge in [-0.3, -0.25) is 9.89 Å². The standard InChI is InChI=1S/C22H37N5O3.HI/c1-4-23-21(25-18-10-14-27(15-11-18)22(28)29-5-2)24-16-19(26-12-6-7-13-26)20-9-8-17(3)30-20;/h8-9,18-19H,4-7,10-16H2,1-3H3,(H2,23,24,25);1H. The van der Waals surface area contributed by atoms with Crippen LogP contribution in [-0.2, 0) is 4.74 Å². The first-order valence-corrected chi connectivity index (χ1v) is 11.4. The SMILES string of the molecule is CCNC(=NCC(c1ccc(C)o1)N1CCCC1)NC1CCN(C(=O)OCC)CC1.I. The van der Waals surface area contributed by atoms with Gasteiger partial charge in [0.1, 0.15) is 11.5 Å². The average molecular weight is 547 g/mol. The molecule has 176 valence electrons. The highest BCUT2D eigenvalue weighted by Crippen LogP contribution is 2.27. The molecule has 2 fully saturated rings. The van der Waals surface area contributed by atoms with Gasteiger partial charge in [0.25, 0.3) is 0 Å². The number of nitrogens with zero attached hydrogens (tertiary/aromatic N) is 3. The van der Waals surface area contributed by atoms with Crippen LogP contribution < -0.4 is 10.6 Å². The molecular weight excluding hydrogens is 509 g/mol. The number of halogens is 1. The summed E-state index contributed by atoms with van der Waals surface area (Å²) in [4.78, 5) is 21.1. The van der Waals surface area contributed by atoms with Gasteiger partial charge in [-0.2, -0.15) is 0 Å². The molecular formula is C22H38IN5O3. The normalized spacial score (nSPS) is 19.1. The minimum atomic E-state index is -0.210. The third-order valence-corrected chi connectivity index (χ3v) is 5.80. The molecule has 0 radical (unpaired) electrons. The molecule has 1 aromatic rings. The molecule has 2 N–H and O–H groups in total. The van der Waals surface area contributed by atoms with Crippen LogP contribution in [-0.4, -0.2) is 73.8 Å². The van der Waals surface area contributed by atoms with Gasteiger partial charge in [-0.05, 0) is 71.7 Å². The largest absolute Gasteiger partial charge is 0.465 e. The van der Waals surface area contributed by atoms with Crippen molar-refractivity contribution in [3.8, 4) is 0 Å². The molecule has 0 saturated carbocycles. The second kappa shape index (κ2) is 13.1. The molecule has 2 aliphatic heterocycles. The zero-order chi connectivity index (χ0) is 21.3. The highest BCUT2D eigenvalue weighted by atomic mass is 127. The first kappa shape index (κ1) is 25.8. The van der Waals surface area contributed by atoms with E-state index in [4.69, 9.17) is 14.1 Å². The molecule has 3 heterocycles. The van der Waals surface area contributed by atoms with Crippen LogP contribution in [0.3, 0.4) is 0 Å². The monoisotopic (exact) mass is 547 g/mol. The fraction of sp³-hybridized carbons (Fsp3) is 0.727. The van der Waals surface area contributed by atoms with Crippen LogP contribution in [0, 0.1) is 6.92 Å². The number of nitrogens with one attached hydrogen (secondary N) is 2. The Labute approximate surface area is 203 Å². The van der Waals surface area contributed by atoms with Crippen LogP contribution >= 0.6 is 24.0 Å². The van der Waals surface area contributed by atoms with E-state index in [0.717, 1.165) is 50.0 Å². The van der Waals surface area contributed by atoms with Gasteiger partial charge in [0, 0.05) is 25.7 Å². The van der Waals surface area contributed by atoms with Gasteiger partial charge in [-0.15, -0.1) is 24.0 Å². The Hall–Kier alpha value is -1.49. The summed E-state index contributed by atoms with van der Waals surface area (Å²) in [6, 6.07) is 4.58. The predicted molar refractivity (Wildman–Crippen MR) is 133 cm³/mol. The summed E-state index contributed by atoms with van der Waals surface area (Å²) in [5.74, 6) is 2.77. The van der Waals surface area contributed by atoms with Crippen molar-refractivity contribution < 1.29 is 13.9 Å². The maximum atomic E-state index is 11.9. The molecule has 0 aliphatic carbocycles. The van der Waals surface area contributed by atoms with Gasteiger partial charge >= 0.3 is 6.09 Å². The quantitative estimate of drug-likeness (QED) is 0.309. The van der Waals surface area contributed by atoms with E-state index < -0.39 is 0 Å². The maximum Gasteiger partial charge on any atom is 0.409 e. The van der Waals surface area contributed by atoms with Gasteiger partial charge in [-0.25, -0.2) is 4.79 Å². The van der Waals surface area contributed by atoms with Crippen LogP contribution in [0.5, 0.6) is 0 Å². The van der Waals surface area contributed by atoms with Crippen molar-refractivity contribution in [2.45, 2.75) is 58.5 Å². The lowest BCUT2D eigenvalue weighted by molar-refractivity contribution is 0.0963. The van der Waals surface area contributed by atoms with Crippen LogP contribution in [0.2, 0.25) is 0 Å². The minimum Gasteiger partial charge on any atom is -0.465 e. The van der Waals surface area contributed by atoms with Gasteiger partial charge in [0.05, 0.1) is 19.2 Å². The van der Waals surface area contributed by atoms with Gasteiger partial charge < -0.3 is 24.7 Å². The summed E-state index contributed by atoms with van der Waals surface area (Å²) in [5.41, 5.74) is 0. The van der Waals surface area contributed by atoms with Crippen LogP contribution in [0.1, 0.15) is 57.1 Å². The van der Waals surface area contributed by atoms with Crippen molar-refractivity contribution in [2.75, 3.05) is 45.9 Å². The lowest BCUT2D eigenvalue weighted by Crippen LogP contribution is -2.50.